The minimum Gasteiger partial charge on any atom is -0.466 e. The van der Waals surface area contributed by atoms with Gasteiger partial charge in [-0.3, -0.25) is 4.55 Å². The van der Waals surface area contributed by atoms with E-state index in [1.54, 1.807) is 38.1 Å². The molecule has 1 atom stereocenters. The van der Waals surface area contributed by atoms with E-state index in [1.165, 1.54) is 7.11 Å². The van der Waals surface area contributed by atoms with Crippen LogP contribution in [0, 0.1) is 0 Å². The summed E-state index contributed by atoms with van der Waals surface area (Å²) in [5.41, 5.74) is 7.70. The Morgan fingerprint density at radius 1 is 1.21 bits per heavy atom. The number of rotatable bonds is 8. The van der Waals surface area contributed by atoms with Crippen LogP contribution in [-0.4, -0.2) is 70.1 Å². The van der Waals surface area contributed by atoms with Crippen molar-refractivity contribution in [1.82, 2.24) is 5.32 Å². The summed E-state index contributed by atoms with van der Waals surface area (Å²) in [6, 6.07) is 7.05. The largest absolute Gasteiger partial charge is 0.466 e. The highest BCUT2D eigenvalue weighted by Gasteiger charge is 2.39. The lowest BCUT2D eigenvalue weighted by molar-refractivity contribution is -0.139. The smallest absolute Gasteiger partial charge is 0.336 e. The number of dihydropyridines is 1. The molecule has 13 heteroatoms. The predicted octanol–water partition coefficient (Wildman–Crippen LogP) is 0.946. The van der Waals surface area contributed by atoms with Crippen molar-refractivity contribution >= 4 is 33.7 Å². The molecule has 0 spiro atoms. The summed E-state index contributed by atoms with van der Waals surface area (Å²) in [5, 5.41) is 3.52. The summed E-state index contributed by atoms with van der Waals surface area (Å²) < 4.78 is 41.7. The lowest BCUT2D eigenvalue weighted by Crippen LogP contribution is -2.35. The highest BCUT2D eigenvalue weighted by atomic mass is 35.5. The maximum Gasteiger partial charge on any atom is 0.336 e. The SMILES string of the molecule is CCOC(=O)C1=C(COCCN)NC(C)=C(C(=O)OC)[C@@H]1c1ccccc1Cl.CS(=O)(=O)O.O. The summed E-state index contributed by atoms with van der Waals surface area (Å²) >= 11 is 6.42. The fourth-order valence-corrected chi connectivity index (χ4v) is 3.36. The van der Waals surface area contributed by atoms with Crippen LogP contribution >= 0.6 is 11.6 Å². The molecular formula is C21H31ClN2O9S. The zero-order chi connectivity index (χ0) is 25.2. The number of methoxy groups -OCH3 is 1. The number of benzene rings is 1. The van der Waals surface area contributed by atoms with Gasteiger partial charge in [-0.1, -0.05) is 29.8 Å². The molecule has 1 heterocycles. The van der Waals surface area contributed by atoms with Crippen LogP contribution in [0.5, 0.6) is 0 Å². The zero-order valence-corrected chi connectivity index (χ0v) is 21.0. The van der Waals surface area contributed by atoms with E-state index < -0.39 is 28.0 Å². The van der Waals surface area contributed by atoms with Crippen molar-refractivity contribution in [3.05, 3.63) is 57.4 Å². The van der Waals surface area contributed by atoms with Crippen molar-refractivity contribution in [2.24, 2.45) is 5.73 Å². The number of halogens is 1. The molecule has 0 aliphatic carbocycles. The fraction of sp³-hybridized carbons (Fsp3) is 0.429. The van der Waals surface area contributed by atoms with Gasteiger partial charge in [0.2, 0.25) is 0 Å². The molecule has 1 aromatic rings. The van der Waals surface area contributed by atoms with Gasteiger partial charge in [-0.05, 0) is 25.5 Å². The van der Waals surface area contributed by atoms with Gasteiger partial charge in [0.15, 0.2) is 0 Å². The Bertz CT molecular complexity index is 1010. The number of allylic oxidation sites excluding steroid dienone is 1. The summed E-state index contributed by atoms with van der Waals surface area (Å²) in [6.45, 7) is 4.42. The number of hydrogen-bond donors (Lipinski definition) is 3. The molecular weight excluding hydrogens is 492 g/mol. The van der Waals surface area contributed by atoms with Gasteiger partial charge in [-0.25, -0.2) is 9.59 Å². The van der Waals surface area contributed by atoms with Gasteiger partial charge < -0.3 is 30.7 Å². The van der Waals surface area contributed by atoms with Gasteiger partial charge in [-0.15, -0.1) is 0 Å². The zero-order valence-electron chi connectivity index (χ0n) is 19.4. The van der Waals surface area contributed by atoms with Crippen LogP contribution in [0.3, 0.4) is 0 Å². The van der Waals surface area contributed by atoms with Crippen LogP contribution in [0.4, 0.5) is 0 Å². The topological polar surface area (TPSA) is 186 Å². The van der Waals surface area contributed by atoms with Gasteiger partial charge in [0.1, 0.15) is 0 Å². The van der Waals surface area contributed by atoms with Crippen LogP contribution < -0.4 is 11.1 Å². The molecule has 34 heavy (non-hydrogen) atoms. The van der Waals surface area contributed by atoms with E-state index in [-0.39, 0.29) is 24.3 Å². The summed E-state index contributed by atoms with van der Waals surface area (Å²) in [4.78, 5) is 25.5. The number of carbonyl (C=O) groups is 2. The second-order valence-corrected chi connectivity index (χ2v) is 8.67. The van der Waals surface area contributed by atoms with Gasteiger partial charge in [0, 0.05) is 17.3 Å². The second-order valence-electron chi connectivity index (χ2n) is 6.80. The van der Waals surface area contributed by atoms with Crippen LogP contribution in [0.2, 0.25) is 5.02 Å². The lowest BCUT2D eigenvalue weighted by atomic mass is 9.80. The highest BCUT2D eigenvalue weighted by Crippen LogP contribution is 2.41. The van der Waals surface area contributed by atoms with Crippen molar-refractivity contribution in [3.8, 4) is 0 Å². The molecule has 1 aliphatic heterocycles. The Balaban J connectivity index is 0.00000164. The molecule has 0 saturated heterocycles. The van der Waals surface area contributed by atoms with Crippen molar-refractivity contribution in [1.29, 1.82) is 0 Å². The number of nitrogens with one attached hydrogen (secondary N) is 1. The first-order valence-electron chi connectivity index (χ1n) is 9.87. The first-order chi connectivity index (χ1) is 15.5. The molecule has 0 saturated carbocycles. The fourth-order valence-electron chi connectivity index (χ4n) is 3.12. The van der Waals surface area contributed by atoms with Crippen molar-refractivity contribution in [3.63, 3.8) is 0 Å². The van der Waals surface area contributed by atoms with Crippen LogP contribution in [0.25, 0.3) is 0 Å². The summed E-state index contributed by atoms with van der Waals surface area (Å²) in [5.74, 6) is -1.86. The number of carbonyl (C=O) groups excluding carboxylic acids is 2. The van der Waals surface area contributed by atoms with E-state index >= 15 is 0 Å². The third-order valence-electron chi connectivity index (χ3n) is 4.27. The van der Waals surface area contributed by atoms with E-state index in [0.29, 0.717) is 47.0 Å². The Hall–Kier alpha value is -2.48. The summed E-state index contributed by atoms with van der Waals surface area (Å²) in [6.07, 6.45) is 0.715. The van der Waals surface area contributed by atoms with Gasteiger partial charge in [0.25, 0.3) is 10.1 Å². The van der Waals surface area contributed by atoms with Gasteiger partial charge in [-0.2, -0.15) is 8.42 Å². The maximum atomic E-state index is 12.9. The quantitative estimate of drug-likeness (QED) is 0.252. The average molecular weight is 523 g/mol. The standard InChI is InChI=1S/C20H25ClN2O5.CH4O3S.H2O/c1-4-28-20(25)18-15(11-27-10-9-22)23-12(2)16(19(24)26-3)17(18)13-7-5-6-8-14(13)21;1-5(2,3)4;/h5-8,17,23H,4,9-11,22H2,1-3H3;1H3,(H,2,3,4);1H2/t17-;;/m0../s1. The molecule has 0 bridgehead atoms. The molecule has 0 fully saturated rings. The van der Waals surface area contributed by atoms with Gasteiger partial charge in [0.05, 0.1) is 55.9 Å². The first-order valence-corrected chi connectivity index (χ1v) is 12.1. The number of hydrogen-bond acceptors (Lipinski definition) is 9. The minimum atomic E-state index is -3.67. The molecule has 192 valence electrons. The molecule has 6 N–H and O–H groups in total. The third-order valence-corrected chi connectivity index (χ3v) is 4.61. The monoisotopic (exact) mass is 522 g/mol. The minimum absolute atomic E-state index is 0. The Kier molecular flexibility index (Phi) is 13.6. The van der Waals surface area contributed by atoms with E-state index in [9.17, 15) is 18.0 Å². The summed E-state index contributed by atoms with van der Waals surface area (Å²) in [7, 11) is -2.38. The first kappa shape index (κ1) is 31.5. The Labute approximate surface area is 203 Å². The molecule has 0 aromatic heterocycles. The van der Waals surface area contributed by atoms with Crippen LogP contribution in [-0.2, 0) is 33.9 Å². The normalized spacial score (nSPS) is 15.4. The molecule has 2 rings (SSSR count). The number of esters is 2. The average Bonchev–Trinajstić information content (AvgIpc) is 2.72. The molecule has 0 amide bonds. The second kappa shape index (κ2) is 14.7. The van der Waals surface area contributed by atoms with Crippen molar-refractivity contribution in [2.45, 2.75) is 19.8 Å². The van der Waals surface area contributed by atoms with E-state index in [0.717, 1.165) is 0 Å². The highest BCUT2D eigenvalue weighted by molar-refractivity contribution is 7.85. The molecule has 0 unspecified atom stereocenters. The lowest BCUT2D eigenvalue weighted by Gasteiger charge is -2.31. The van der Waals surface area contributed by atoms with Crippen LogP contribution in [0.1, 0.15) is 25.3 Å². The van der Waals surface area contributed by atoms with E-state index in [1.807, 2.05) is 0 Å². The predicted molar refractivity (Wildman–Crippen MR) is 127 cm³/mol. The molecule has 1 aromatic carbocycles. The molecule has 0 radical (unpaired) electrons. The third kappa shape index (κ3) is 9.41. The van der Waals surface area contributed by atoms with Crippen LogP contribution in [0.15, 0.2) is 46.8 Å². The molecule has 11 nitrogen and oxygen atoms in total. The maximum absolute atomic E-state index is 12.9. The van der Waals surface area contributed by atoms with E-state index in [4.69, 9.17) is 36.1 Å². The Morgan fingerprint density at radius 2 is 1.79 bits per heavy atom. The van der Waals surface area contributed by atoms with Crippen molar-refractivity contribution in [2.75, 3.05) is 39.7 Å². The van der Waals surface area contributed by atoms with Gasteiger partial charge >= 0.3 is 11.9 Å². The van der Waals surface area contributed by atoms with E-state index in [2.05, 4.69) is 5.32 Å². The Morgan fingerprint density at radius 3 is 2.29 bits per heavy atom. The number of ether oxygens (including phenoxy) is 3. The van der Waals surface area contributed by atoms with Crippen molar-refractivity contribution < 1.29 is 42.2 Å². The molecule has 1 aliphatic rings. The number of nitrogens with two attached hydrogens (primary N) is 1.